The molecule has 2 heterocycles. The van der Waals surface area contributed by atoms with Crippen LogP contribution in [0.25, 0.3) is 10.9 Å². The molecule has 0 atom stereocenters. The Balaban J connectivity index is 2.26. The molecule has 1 aliphatic heterocycles. The van der Waals surface area contributed by atoms with Gasteiger partial charge >= 0.3 is 0 Å². The average molecular weight is 214 g/mol. The summed E-state index contributed by atoms with van der Waals surface area (Å²) in [5, 5.41) is 13.5. The van der Waals surface area contributed by atoms with E-state index in [9.17, 15) is 0 Å². The first-order chi connectivity index (χ1) is 7.83. The third-order valence-electron chi connectivity index (χ3n) is 3.36. The summed E-state index contributed by atoms with van der Waals surface area (Å²) in [6.07, 6.45) is 1.88. The van der Waals surface area contributed by atoms with Crippen molar-refractivity contribution in [2.75, 3.05) is 0 Å². The van der Waals surface area contributed by atoms with Crippen LogP contribution in [-0.2, 0) is 13.0 Å². The molecule has 0 aliphatic carbocycles. The normalized spacial score (nSPS) is 17.2. The second kappa shape index (κ2) is 3.37. The molecular weight excluding hydrogens is 200 g/mol. The monoisotopic (exact) mass is 214 g/mol. The molecule has 2 aromatic rings. The first-order valence-electron chi connectivity index (χ1n) is 5.67. The van der Waals surface area contributed by atoms with Crippen molar-refractivity contribution in [3.05, 3.63) is 35.5 Å². The lowest BCUT2D eigenvalue weighted by Gasteiger charge is -2.00. The van der Waals surface area contributed by atoms with E-state index in [2.05, 4.69) is 40.9 Å². The van der Waals surface area contributed by atoms with Crippen LogP contribution in [-0.4, -0.2) is 15.5 Å². The summed E-state index contributed by atoms with van der Waals surface area (Å²) in [6.45, 7) is 3.08. The van der Waals surface area contributed by atoms with Crippen molar-refractivity contribution in [2.45, 2.75) is 26.3 Å². The molecular formula is C13H14N2O. The van der Waals surface area contributed by atoms with Gasteiger partial charge in [0.2, 0.25) is 0 Å². The van der Waals surface area contributed by atoms with E-state index in [-0.39, 0.29) is 0 Å². The van der Waals surface area contributed by atoms with Crippen molar-refractivity contribution in [1.82, 2.24) is 4.57 Å². The van der Waals surface area contributed by atoms with Crippen LogP contribution in [0.2, 0.25) is 0 Å². The predicted octanol–water partition coefficient (Wildman–Crippen LogP) is 2.79. The van der Waals surface area contributed by atoms with Crippen molar-refractivity contribution >= 4 is 16.6 Å². The quantitative estimate of drug-likeness (QED) is 0.575. The van der Waals surface area contributed by atoms with Gasteiger partial charge in [-0.15, -0.1) is 0 Å². The van der Waals surface area contributed by atoms with E-state index in [0.717, 1.165) is 30.8 Å². The molecule has 3 nitrogen and oxygen atoms in total. The number of nitrogens with zero attached hydrogens (tertiary/aromatic N) is 2. The predicted molar refractivity (Wildman–Crippen MR) is 64.3 cm³/mol. The molecule has 3 heteroatoms. The van der Waals surface area contributed by atoms with Gasteiger partial charge in [0.05, 0.1) is 5.69 Å². The molecule has 0 saturated carbocycles. The SMILES string of the molecule is CCc1ccc2c(c1)cc1n2CC/C1=N\O. The first kappa shape index (κ1) is 9.46. The number of fused-ring (bicyclic) bond motifs is 3. The highest BCUT2D eigenvalue weighted by atomic mass is 16.4. The van der Waals surface area contributed by atoms with E-state index >= 15 is 0 Å². The molecule has 3 rings (SSSR count). The fourth-order valence-electron chi connectivity index (χ4n) is 2.47. The Labute approximate surface area is 94.0 Å². The van der Waals surface area contributed by atoms with Gasteiger partial charge in [0.1, 0.15) is 5.71 Å². The molecule has 1 aromatic carbocycles. The number of aromatic nitrogens is 1. The maximum absolute atomic E-state index is 8.91. The zero-order chi connectivity index (χ0) is 11.1. The molecule has 0 spiro atoms. The highest BCUT2D eigenvalue weighted by Gasteiger charge is 2.20. The minimum atomic E-state index is 0.800. The van der Waals surface area contributed by atoms with E-state index in [4.69, 9.17) is 5.21 Å². The summed E-state index contributed by atoms with van der Waals surface area (Å²) < 4.78 is 2.23. The van der Waals surface area contributed by atoms with Crippen molar-refractivity contribution < 1.29 is 5.21 Å². The topological polar surface area (TPSA) is 37.5 Å². The van der Waals surface area contributed by atoms with E-state index < -0.39 is 0 Å². The largest absolute Gasteiger partial charge is 0.411 e. The minimum absolute atomic E-state index is 0.800. The maximum Gasteiger partial charge on any atom is 0.105 e. The second-order valence-electron chi connectivity index (χ2n) is 4.22. The Morgan fingerprint density at radius 2 is 2.25 bits per heavy atom. The van der Waals surface area contributed by atoms with Crippen LogP contribution < -0.4 is 0 Å². The van der Waals surface area contributed by atoms with E-state index in [1.165, 1.54) is 16.5 Å². The number of aryl methyl sites for hydroxylation is 2. The molecule has 0 saturated heterocycles. The second-order valence-corrected chi connectivity index (χ2v) is 4.22. The van der Waals surface area contributed by atoms with Gasteiger partial charge < -0.3 is 9.77 Å². The average Bonchev–Trinajstić information content (AvgIpc) is 2.85. The van der Waals surface area contributed by atoms with Crippen molar-refractivity contribution in [1.29, 1.82) is 0 Å². The van der Waals surface area contributed by atoms with Gasteiger partial charge in [0.25, 0.3) is 0 Å². The summed E-state index contributed by atoms with van der Waals surface area (Å²) in [7, 11) is 0. The zero-order valence-electron chi connectivity index (χ0n) is 9.27. The summed E-state index contributed by atoms with van der Waals surface area (Å²) in [4.78, 5) is 0. The molecule has 0 amide bonds. The minimum Gasteiger partial charge on any atom is -0.411 e. The number of rotatable bonds is 1. The summed E-state index contributed by atoms with van der Waals surface area (Å²) in [5.74, 6) is 0. The van der Waals surface area contributed by atoms with Crippen LogP contribution in [0.4, 0.5) is 0 Å². The Morgan fingerprint density at radius 3 is 3.00 bits per heavy atom. The van der Waals surface area contributed by atoms with Crippen LogP contribution in [0.3, 0.4) is 0 Å². The number of oxime groups is 1. The molecule has 0 radical (unpaired) electrons. The third-order valence-corrected chi connectivity index (χ3v) is 3.36. The zero-order valence-corrected chi connectivity index (χ0v) is 9.27. The summed E-state index contributed by atoms with van der Waals surface area (Å²) >= 11 is 0. The van der Waals surface area contributed by atoms with Crippen LogP contribution >= 0.6 is 0 Å². The number of hydrogen-bond donors (Lipinski definition) is 1. The van der Waals surface area contributed by atoms with E-state index in [1.54, 1.807) is 0 Å². The van der Waals surface area contributed by atoms with Crippen molar-refractivity contribution in [3.8, 4) is 0 Å². The Hall–Kier alpha value is -1.77. The molecule has 1 N–H and O–H groups in total. The van der Waals surface area contributed by atoms with Crippen molar-refractivity contribution in [2.24, 2.45) is 5.16 Å². The molecule has 0 unspecified atom stereocenters. The van der Waals surface area contributed by atoms with Gasteiger partial charge in [-0.2, -0.15) is 0 Å². The smallest absolute Gasteiger partial charge is 0.105 e. The fraction of sp³-hybridized carbons (Fsp3) is 0.308. The molecule has 0 fully saturated rings. The molecule has 16 heavy (non-hydrogen) atoms. The maximum atomic E-state index is 8.91. The molecule has 0 bridgehead atoms. The fourth-order valence-corrected chi connectivity index (χ4v) is 2.47. The lowest BCUT2D eigenvalue weighted by atomic mass is 10.1. The highest BCUT2D eigenvalue weighted by Crippen LogP contribution is 2.27. The number of hydrogen-bond acceptors (Lipinski definition) is 2. The summed E-state index contributed by atoms with van der Waals surface area (Å²) in [5.41, 5.74) is 4.45. The van der Waals surface area contributed by atoms with Crippen LogP contribution in [0.5, 0.6) is 0 Å². The lowest BCUT2D eigenvalue weighted by molar-refractivity contribution is 0.318. The summed E-state index contributed by atoms with van der Waals surface area (Å²) in [6, 6.07) is 8.67. The Bertz CT molecular complexity index is 581. The van der Waals surface area contributed by atoms with Gasteiger partial charge in [0, 0.05) is 23.9 Å². The highest BCUT2D eigenvalue weighted by molar-refractivity contribution is 6.05. The van der Waals surface area contributed by atoms with Gasteiger partial charge in [-0.05, 0) is 30.2 Å². The van der Waals surface area contributed by atoms with Gasteiger partial charge in [-0.25, -0.2) is 0 Å². The van der Waals surface area contributed by atoms with Gasteiger partial charge in [-0.1, -0.05) is 18.1 Å². The Morgan fingerprint density at radius 1 is 1.38 bits per heavy atom. The molecule has 82 valence electrons. The third kappa shape index (κ3) is 1.18. The van der Waals surface area contributed by atoms with Crippen LogP contribution in [0, 0.1) is 0 Å². The van der Waals surface area contributed by atoms with Gasteiger partial charge in [0.15, 0.2) is 0 Å². The molecule has 1 aliphatic rings. The van der Waals surface area contributed by atoms with Crippen molar-refractivity contribution in [3.63, 3.8) is 0 Å². The number of benzene rings is 1. The standard InChI is InChI=1S/C13H14N2O/c1-2-9-3-4-12-10(7-9)8-13-11(14-16)5-6-15(12)13/h3-4,7-8,16H,2,5-6H2,1H3/b14-11+. The van der Waals surface area contributed by atoms with Gasteiger partial charge in [-0.3, -0.25) is 0 Å². The first-order valence-corrected chi connectivity index (χ1v) is 5.67. The van der Waals surface area contributed by atoms with Crippen LogP contribution in [0.15, 0.2) is 29.4 Å². The van der Waals surface area contributed by atoms with Crippen LogP contribution in [0.1, 0.15) is 24.6 Å². The Kier molecular flexibility index (Phi) is 1.99. The molecule has 1 aromatic heterocycles. The van der Waals surface area contributed by atoms with E-state index in [0.29, 0.717) is 0 Å². The van der Waals surface area contributed by atoms with E-state index in [1.807, 2.05) is 0 Å². The lowest BCUT2D eigenvalue weighted by Crippen LogP contribution is -1.93.